The van der Waals surface area contributed by atoms with Gasteiger partial charge >= 0.3 is 0 Å². The molecule has 15 heteroatoms. The van der Waals surface area contributed by atoms with Gasteiger partial charge in [0.15, 0.2) is 0 Å². The summed E-state index contributed by atoms with van der Waals surface area (Å²) in [5.41, 5.74) is 16.1. The topological polar surface area (TPSA) is 174 Å². The maximum Gasteiger partial charge on any atom is 0.0991 e. The highest BCUT2D eigenvalue weighted by Crippen LogP contribution is 2.31. The molecule has 6 heterocycles. The van der Waals surface area contributed by atoms with Crippen molar-refractivity contribution in [3.63, 3.8) is 0 Å². The van der Waals surface area contributed by atoms with Gasteiger partial charge in [-0.15, -0.1) is 0 Å². The summed E-state index contributed by atoms with van der Waals surface area (Å²) in [4.78, 5) is 0. The summed E-state index contributed by atoms with van der Waals surface area (Å²) in [7, 11) is 0. The van der Waals surface area contributed by atoms with Crippen LogP contribution in [0.3, 0.4) is 0 Å². The average Bonchev–Trinajstić information content (AvgIpc) is 4.28. The molecule has 0 aliphatic carbocycles. The summed E-state index contributed by atoms with van der Waals surface area (Å²) in [6, 6.07) is 56.3. The van der Waals surface area contributed by atoms with Gasteiger partial charge in [-0.05, 0) is 88.0 Å². The maximum atomic E-state index is 8.88. The molecule has 3 saturated heterocycles. The lowest BCUT2D eigenvalue weighted by Crippen LogP contribution is -2.33. The lowest BCUT2D eigenvalue weighted by molar-refractivity contribution is 0.0276. The Morgan fingerprint density at radius 3 is 1.07 bits per heavy atom. The van der Waals surface area contributed by atoms with Crippen molar-refractivity contribution in [2.75, 3.05) is 59.1 Å². The minimum Gasteiger partial charge on any atom is -0.371 e. The molecule has 3 fully saturated rings. The molecular formula is C58H54Cl2N10O3. The van der Waals surface area contributed by atoms with Crippen LogP contribution in [0.5, 0.6) is 0 Å². The summed E-state index contributed by atoms with van der Waals surface area (Å²) >= 11 is 12.1. The first-order chi connectivity index (χ1) is 35.9. The molecule has 12 rings (SSSR count). The third-order valence-corrected chi connectivity index (χ3v) is 13.3. The Hall–Kier alpha value is -7.22. The minimum absolute atomic E-state index is 0.124. The van der Waals surface area contributed by atoms with Gasteiger partial charge in [0.25, 0.3) is 0 Å². The van der Waals surface area contributed by atoms with Crippen molar-refractivity contribution in [3.05, 3.63) is 196 Å². The van der Waals surface area contributed by atoms with Gasteiger partial charge in [-0.3, -0.25) is 15.3 Å². The normalized spacial score (nSPS) is 17.6. The molecule has 9 aromatic rings. The molecule has 3 atom stereocenters. The van der Waals surface area contributed by atoms with Crippen LogP contribution in [0.1, 0.15) is 40.6 Å². The number of rotatable bonds is 9. The monoisotopic (exact) mass is 1010 g/mol. The molecule has 0 bridgehead atoms. The summed E-state index contributed by atoms with van der Waals surface area (Å²) in [6.07, 6.45) is 0.395. The fourth-order valence-electron chi connectivity index (χ4n) is 8.83. The Balaban J connectivity index is 0.000000126. The third kappa shape index (κ3) is 12.7. The van der Waals surface area contributed by atoms with Gasteiger partial charge in [-0.1, -0.05) is 132 Å². The molecule has 3 aromatic heterocycles. The first-order valence-corrected chi connectivity index (χ1v) is 25.1. The molecule has 3 aliphatic rings. The second-order valence-corrected chi connectivity index (χ2v) is 18.6. The van der Waals surface area contributed by atoms with E-state index in [1.165, 1.54) is 16.7 Å². The van der Waals surface area contributed by atoms with Crippen LogP contribution >= 0.6 is 23.2 Å². The molecule has 368 valence electrons. The number of morpholine rings is 3. The Morgan fingerprint density at radius 1 is 0.411 bits per heavy atom. The van der Waals surface area contributed by atoms with E-state index in [4.69, 9.17) is 42.7 Å². The van der Waals surface area contributed by atoms with Crippen molar-refractivity contribution in [2.24, 2.45) is 0 Å². The molecule has 73 heavy (non-hydrogen) atoms. The van der Waals surface area contributed by atoms with Gasteiger partial charge in [0.05, 0.1) is 83.9 Å². The summed E-state index contributed by atoms with van der Waals surface area (Å²) < 4.78 is 17.4. The Bertz CT molecular complexity index is 3080. The molecule has 0 radical (unpaired) electrons. The number of hydrogen-bond donors (Lipinski definition) is 6. The van der Waals surface area contributed by atoms with Crippen molar-refractivity contribution in [3.8, 4) is 73.6 Å². The van der Waals surface area contributed by atoms with E-state index in [0.29, 0.717) is 15.6 Å². The second-order valence-electron chi connectivity index (χ2n) is 17.8. The predicted octanol–water partition coefficient (Wildman–Crippen LogP) is 11.4. The van der Waals surface area contributed by atoms with Crippen LogP contribution in [0.15, 0.2) is 164 Å². The minimum atomic E-state index is 0.124. The number of nitrogens with one attached hydrogen (secondary N) is 6. The maximum absolute atomic E-state index is 8.88. The van der Waals surface area contributed by atoms with Gasteiger partial charge in [0.1, 0.15) is 0 Å². The molecular weight excluding hydrogens is 956 g/mol. The second kappa shape index (κ2) is 24.0. The molecule has 0 saturated carbocycles. The van der Waals surface area contributed by atoms with Gasteiger partial charge in [0.2, 0.25) is 0 Å². The number of nitriles is 1. The van der Waals surface area contributed by atoms with Crippen molar-refractivity contribution >= 4 is 23.2 Å². The number of benzene rings is 6. The number of halogens is 2. The molecule has 0 amide bonds. The van der Waals surface area contributed by atoms with Crippen molar-refractivity contribution < 1.29 is 14.2 Å². The van der Waals surface area contributed by atoms with Crippen LogP contribution in [0.25, 0.3) is 67.5 Å². The third-order valence-electron chi connectivity index (χ3n) is 12.8. The van der Waals surface area contributed by atoms with E-state index in [2.05, 4.69) is 125 Å². The number of hydrogen-bond acceptors (Lipinski definition) is 10. The van der Waals surface area contributed by atoms with Crippen LogP contribution in [-0.2, 0) is 14.2 Å². The van der Waals surface area contributed by atoms with Crippen LogP contribution in [0.4, 0.5) is 0 Å². The number of aromatic amines is 3. The Morgan fingerprint density at radius 2 is 0.753 bits per heavy atom. The molecule has 6 N–H and O–H groups in total. The molecule has 1 unspecified atom stereocenters. The van der Waals surface area contributed by atoms with Crippen LogP contribution in [0, 0.1) is 11.3 Å². The number of aromatic nitrogens is 6. The first kappa shape index (κ1) is 49.4. The van der Waals surface area contributed by atoms with E-state index >= 15 is 0 Å². The van der Waals surface area contributed by atoms with Crippen molar-refractivity contribution in [1.29, 1.82) is 5.26 Å². The van der Waals surface area contributed by atoms with E-state index in [9.17, 15) is 0 Å². The van der Waals surface area contributed by atoms with Crippen LogP contribution < -0.4 is 16.0 Å². The lowest BCUT2D eigenvalue weighted by Gasteiger charge is -2.24. The number of nitrogens with zero attached hydrogens (tertiary/aromatic N) is 4. The predicted molar refractivity (Wildman–Crippen MR) is 288 cm³/mol. The highest BCUT2D eigenvalue weighted by Gasteiger charge is 2.19. The zero-order valence-electron chi connectivity index (χ0n) is 40.0. The number of H-pyrrole nitrogens is 3. The Labute approximate surface area is 434 Å². The van der Waals surface area contributed by atoms with E-state index in [1.807, 2.05) is 78.9 Å². The van der Waals surface area contributed by atoms with E-state index in [-0.39, 0.29) is 18.3 Å². The molecule has 3 aliphatic heterocycles. The summed E-state index contributed by atoms with van der Waals surface area (Å²) in [5.74, 6) is 0. The van der Waals surface area contributed by atoms with E-state index < -0.39 is 0 Å². The van der Waals surface area contributed by atoms with Gasteiger partial charge in [-0.25, -0.2) is 0 Å². The largest absolute Gasteiger partial charge is 0.371 e. The molecule has 6 aromatic carbocycles. The first-order valence-electron chi connectivity index (χ1n) is 24.4. The SMILES string of the molecule is Clc1cccc(-c2cc(-c3ccc([C@@H]4CNCCO4)cc3)[nH]n2)c1.Clc1cccc(-c2cc(-c3ccc([C@H]4CNCCO4)cc3)[nH]n2)c1.N#Cc1ccc(-c2cc(-c3ccc(C4CNCCO4)cc3)[nH]n2)cc1. The zero-order chi connectivity index (χ0) is 49.8. The van der Waals surface area contributed by atoms with E-state index in [1.54, 1.807) is 12.1 Å². The van der Waals surface area contributed by atoms with Crippen molar-refractivity contribution in [2.45, 2.75) is 18.3 Å². The van der Waals surface area contributed by atoms with Gasteiger partial charge in [-0.2, -0.15) is 20.6 Å². The lowest BCUT2D eigenvalue weighted by atomic mass is 10.0. The van der Waals surface area contributed by atoms with E-state index in [0.717, 1.165) is 127 Å². The quantitative estimate of drug-likeness (QED) is 0.0817. The number of ether oxygens (including phenoxy) is 3. The fourth-order valence-corrected chi connectivity index (χ4v) is 9.21. The van der Waals surface area contributed by atoms with Crippen molar-refractivity contribution in [1.82, 2.24) is 46.5 Å². The standard InChI is InChI=1S/C20H18N4O.2C19H18ClN3O/c21-12-14-1-3-15(4-2-14)18-11-19(24-23-18)16-5-7-17(8-6-16)20-13-22-9-10-25-20;2*20-16-3-1-2-15(10-16)18-11-17(22-23-18)13-4-6-14(7-5-13)19-12-21-8-9-24-19/h1-8,11,20,22H,9-10,13H2,(H,23,24);2*1-7,10-11,19,21H,8-9,12H2,(H,22,23)/t;2*19-/m.10/s1. The summed E-state index contributed by atoms with van der Waals surface area (Å²) in [5, 5.41) is 42.8. The highest BCUT2D eigenvalue weighted by molar-refractivity contribution is 6.31. The molecule has 0 spiro atoms. The Kier molecular flexibility index (Phi) is 16.2. The highest BCUT2D eigenvalue weighted by atomic mass is 35.5. The fraction of sp³-hybridized carbons (Fsp3) is 0.207. The average molecular weight is 1010 g/mol. The van der Waals surface area contributed by atoms with Gasteiger partial charge < -0.3 is 30.2 Å². The van der Waals surface area contributed by atoms with Crippen LogP contribution in [0.2, 0.25) is 10.0 Å². The molecule has 13 nitrogen and oxygen atoms in total. The smallest absolute Gasteiger partial charge is 0.0991 e. The summed E-state index contributed by atoms with van der Waals surface area (Å²) in [6.45, 7) is 7.62. The van der Waals surface area contributed by atoms with Crippen LogP contribution in [-0.4, -0.2) is 89.7 Å². The van der Waals surface area contributed by atoms with Gasteiger partial charge in [0, 0.05) is 66.0 Å². The zero-order valence-corrected chi connectivity index (χ0v) is 41.5.